The van der Waals surface area contributed by atoms with E-state index in [4.69, 9.17) is 15.4 Å². The molecule has 0 saturated carbocycles. The molecule has 0 aliphatic heterocycles. The van der Waals surface area contributed by atoms with Gasteiger partial charge in [0.2, 0.25) is 0 Å². The van der Waals surface area contributed by atoms with Crippen molar-refractivity contribution in [3.8, 4) is 6.07 Å². The third kappa shape index (κ3) is 2.40. The fraction of sp³-hybridized carbons (Fsp3) is 0.154. The van der Waals surface area contributed by atoms with Gasteiger partial charge in [-0.05, 0) is 37.3 Å². The van der Waals surface area contributed by atoms with E-state index in [2.05, 4.69) is 11.4 Å². The molecule has 1 atom stereocenters. The summed E-state index contributed by atoms with van der Waals surface area (Å²) >= 11 is 0. The lowest BCUT2D eigenvalue weighted by molar-refractivity contribution is 0.490. The minimum atomic E-state index is 0.0418. The summed E-state index contributed by atoms with van der Waals surface area (Å²) < 4.78 is 5.30. The van der Waals surface area contributed by atoms with Gasteiger partial charge in [-0.3, -0.25) is 0 Å². The zero-order valence-electron chi connectivity index (χ0n) is 9.47. The Kier molecular flexibility index (Phi) is 3.01. The molecule has 1 heterocycles. The van der Waals surface area contributed by atoms with Crippen LogP contribution in [-0.4, -0.2) is 0 Å². The average Bonchev–Trinajstić information content (AvgIpc) is 2.85. The van der Waals surface area contributed by atoms with Crippen LogP contribution in [0.25, 0.3) is 0 Å². The van der Waals surface area contributed by atoms with Crippen molar-refractivity contribution in [3.05, 3.63) is 47.9 Å². The van der Waals surface area contributed by atoms with Gasteiger partial charge in [0.25, 0.3) is 0 Å². The van der Waals surface area contributed by atoms with Gasteiger partial charge in [-0.25, -0.2) is 0 Å². The molecule has 86 valence electrons. The molecule has 0 radical (unpaired) electrons. The summed E-state index contributed by atoms with van der Waals surface area (Å²) in [4.78, 5) is 0. The number of nitrogen functional groups attached to an aromatic ring is 1. The van der Waals surface area contributed by atoms with Crippen LogP contribution in [0.2, 0.25) is 0 Å². The van der Waals surface area contributed by atoms with Gasteiger partial charge < -0.3 is 15.5 Å². The Labute approximate surface area is 99.7 Å². The number of anilines is 2. The van der Waals surface area contributed by atoms with Crippen LogP contribution < -0.4 is 11.1 Å². The molecule has 0 spiro atoms. The van der Waals surface area contributed by atoms with Gasteiger partial charge in [0, 0.05) is 11.4 Å². The minimum absolute atomic E-state index is 0.0418. The van der Waals surface area contributed by atoms with Crippen molar-refractivity contribution in [2.24, 2.45) is 0 Å². The summed E-state index contributed by atoms with van der Waals surface area (Å²) in [5, 5.41) is 12.1. The van der Waals surface area contributed by atoms with Crippen molar-refractivity contribution >= 4 is 11.4 Å². The van der Waals surface area contributed by atoms with E-state index < -0.39 is 0 Å². The molecular weight excluding hydrogens is 214 g/mol. The summed E-state index contributed by atoms with van der Waals surface area (Å²) in [5.41, 5.74) is 7.47. The number of benzene rings is 1. The number of nitrogens with two attached hydrogens (primary N) is 1. The van der Waals surface area contributed by atoms with Crippen molar-refractivity contribution in [1.82, 2.24) is 0 Å². The highest BCUT2D eigenvalue weighted by Crippen LogP contribution is 2.22. The van der Waals surface area contributed by atoms with Crippen LogP contribution in [0, 0.1) is 11.3 Å². The van der Waals surface area contributed by atoms with Gasteiger partial charge in [0.15, 0.2) is 0 Å². The monoisotopic (exact) mass is 227 g/mol. The van der Waals surface area contributed by atoms with E-state index in [0.717, 1.165) is 11.4 Å². The Hall–Kier alpha value is -2.41. The summed E-state index contributed by atoms with van der Waals surface area (Å²) in [6.07, 6.45) is 1.64. The first-order valence-electron chi connectivity index (χ1n) is 5.30. The van der Waals surface area contributed by atoms with Gasteiger partial charge in [0.1, 0.15) is 11.8 Å². The van der Waals surface area contributed by atoms with E-state index in [9.17, 15) is 0 Å². The molecule has 0 fully saturated rings. The van der Waals surface area contributed by atoms with E-state index in [0.29, 0.717) is 11.3 Å². The van der Waals surface area contributed by atoms with Crippen LogP contribution in [-0.2, 0) is 0 Å². The molecule has 0 amide bonds. The second kappa shape index (κ2) is 4.62. The summed E-state index contributed by atoms with van der Waals surface area (Å²) in [6, 6.07) is 11.1. The predicted octanol–water partition coefficient (Wildman–Crippen LogP) is 2.91. The van der Waals surface area contributed by atoms with E-state index in [1.54, 1.807) is 18.4 Å². The first-order chi connectivity index (χ1) is 8.20. The predicted molar refractivity (Wildman–Crippen MR) is 66.3 cm³/mol. The summed E-state index contributed by atoms with van der Waals surface area (Å²) in [6.45, 7) is 1.99. The van der Waals surface area contributed by atoms with Crippen LogP contribution in [0.3, 0.4) is 0 Å². The van der Waals surface area contributed by atoms with Crippen molar-refractivity contribution in [3.63, 3.8) is 0 Å². The Morgan fingerprint density at radius 3 is 2.88 bits per heavy atom. The molecule has 1 aromatic carbocycles. The highest BCUT2D eigenvalue weighted by atomic mass is 16.3. The zero-order valence-corrected chi connectivity index (χ0v) is 9.47. The highest BCUT2D eigenvalue weighted by molar-refractivity contribution is 5.62. The first-order valence-corrected chi connectivity index (χ1v) is 5.30. The van der Waals surface area contributed by atoms with Crippen LogP contribution in [0.1, 0.15) is 24.3 Å². The quantitative estimate of drug-likeness (QED) is 0.790. The fourth-order valence-electron chi connectivity index (χ4n) is 1.60. The van der Waals surface area contributed by atoms with E-state index in [-0.39, 0.29) is 6.04 Å². The number of nitrogens with one attached hydrogen (secondary N) is 1. The standard InChI is InChI=1S/C13H13N3O/c1-9(13-3-2-6-17-13)16-11-4-5-12(15)10(7-11)8-14/h2-7,9,16H,15H2,1H3. The maximum absolute atomic E-state index is 8.88. The molecule has 0 saturated heterocycles. The number of hydrogen-bond acceptors (Lipinski definition) is 4. The van der Waals surface area contributed by atoms with E-state index >= 15 is 0 Å². The van der Waals surface area contributed by atoms with Gasteiger partial charge in [0.05, 0.1) is 17.9 Å². The lowest BCUT2D eigenvalue weighted by Crippen LogP contribution is -2.06. The molecule has 4 heteroatoms. The number of nitrogens with zero attached hydrogens (tertiary/aromatic N) is 1. The van der Waals surface area contributed by atoms with Gasteiger partial charge in [-0.15, -0.1) is 0 Å². The normalized spacial score (nSPS) is 11.8. The summed E-state index contributed by atoms with van der Waals surface area (Å²) in [7, 11) is 0. The number of hydrogen-bond donors (Lipinski definition) is 2. The minimum Gasteiger partial charge on any atom is -0.467 e. The first kappa shape index (κ1) is 11.1. The highest BCUT2D eigenvalue weighted by Gasteiger charge is 2.08. The van der Waals surface area contributed by atoms with Gasteiger partial charge in [-0.1, -0.05) is 0 Å². The zero-order chi connectivity index (χ0) is 12.3. The van der Waals surface area contributed by atoms with Gasteiger partial charge >= 0.3 is 0 Å². The molecule has 17 heavy (non-hydrogen) atoms. The Morgan fingerprint density at radius 2 is 2.24 bits per heavy atom. The number of furan rings is 1. The van der Waals surface area contributed by atoms with Crippen LogP contribution in [0.5, 0.6) is 0 Å². The van der Waals surface area contributed by atoms with Crippen molar-refractivity contribution < 1.29 is 4.42 Å². The topological polar surface area (TPSA) is 75.0 Å². The van der Waals surface area contributed by atoms with E-state index in [1.165, 1.54) is 0 Å². The molecule has 0 bridgehead atoms. The molecule has 0 aliphatic carbocycles. The Bertz CT molecular complexity index is 540. The average molecular weight is 227 g/mol. The van der Waals surface area contributed by atoms with Crippen molar-refractivity contribution in [1.29, 1.82) is 5.26 Å². The Balaban J connectivity index is 2.17. The van der Waals surface area contributed by atoms with E-state index in [1.807, 2.05) is 25.1 Å². The van der Waals surface area contributed by atoms with Crippen molar-refractivity contribution in [2.45, 2.75) is 13.0 Å². The lowest BCUT2D eigenvalue weighted by atomic mass is 10.1. The molecule has 4 nitrogen and oxygen atoms in total. The fourth-order valence-corrected chi connectivity index (χ4v) is 1.60. The molecular formula is C13H13N3O. The third-order valence-electron chi connectivity index (χ3n) is 2.53. The SMILES string of the molecule is CC(Nc1ccc(N)c(C#N)c1)c1ccco1. The molecule has 1 aromatic heterocycles. The molecule has 2 aromatic rings. The molecule has 3 N–H and O–H groups in total. The molecule has 1 unspecified atom stereocenters. The number of nitriles is 1. The number of rotatable bonds is 3. The Morgan fingerprint density at radius 1 is 1.41 bits per heavy atom. The van der Waals surface area contributed by atoms with Crippen molar-refractivity contribution in [2.75, 3.05) is 11.1 Å². The second-order valence-electron chi connectivity index (χ2n) is 3.80. The van der Waals surface area contributed by atoms with Crippen LogP contribution >= 0.6 is 0 Å². The van der Waals surface area contributed by atoms with Crippen LogP contribution in [0.15, 0.2) is 41.0 Å². The van der Waals surface area contributed by atoms with Gasteiger partial charge in [-0.2, -0.15) is 5.26 Å². The molecule has 0 aliphatic rings. The largest absolute Gasteiger partial charge is 0.467 e. The molecule has 2 rings (SSSR count). The lowest BCUT2D eigenvalue weighted by Gasteiger charge is -2.13. The summed E-state index contributed by atoms with van der Waals surface area (Å²) in [5.74, 6) is 0.848. The van der Waals surface area contributed by atoms with Crippen LogP contribution in [0.4, 0.5) is 11.4 Å². The smallest absolute Gasteiger partial charge is 0.125 e. The second-order valence-corrected chi connectivity index (χ2v) is 3.80. The third-order valence-corrected chi connectivity index (χ3v) is 2.53. The maximum Gasteiger partial charge on any atom is 0.125 e. The maximum atomic E-state index is 8.88.